The van der Waals surface area contributed by atoms with Crippen molar-refractivity contribution in [3.63, 3.8) is 0 Å². The van der Waals surface area contributed by atoms with Crippen LogP contribution in [0.15, 0.2) is 12.1 Å². The van der Waals surface area contributed by atoms with Gasteiger partial charge in [-0.15, -0.1) is 0 Å². The van der Waals surface area contributed by atoms with Crippen LogP contribution >= 0.6 is 0 Å². The summed E-state index contributed by atoms with van der Waals surface area (Å²) in [7, 11) is 1.48. The average molecular weight is 403 g/mol. The van der Waals surface area contributed by atoms with Crippen molar-refractivity contribution >= 4 is 23.8 Å². The first kappa shape index (κ1) is 20.6. The Morgan fingerprint density at radius 1 is 1.28 bits per heavy atom. The number of alkyl carbamates (subject to hydrolysis) is 1. The van der Waals surface area contributed by atoms with Gasteiger partial charge in [-0.1, -0.05) is 0 Å². The molecule has 3 rings (SSSR count). The number of hydrogen-bond acceptors (Lipinski definition) is 6. The number of piperidine rings is 1. The Kier molecular flexibility index (Phi) is 5.50. The number of benzene rings is 1. The molecular formula is C20H25N3O6. The molecular weight excluding hydrogens is 378 g/mol. The molecule has 2 N–H and O–H groups in total. The Morgan fingerprint density at radius 3 is 2.62 bits per heavy atom. The quantitative estimate of drug-likeness (QED) is 0.736. The van der Waals surface area contributed by atoms with Gasteiger partial charge in [0, 0.05) is 30.6 Å². The van der Waals surface area contributed by atoms with Gasteiger partial charge in [-0.25, -0.2) is 4.79 Å². The minimum Gasteiger partial charge on any atom is -0.496 e. The number of nitrogens with zero attached hydrogens (tertiary/aromatic N) is 1. The van der Waals surface area contributed by atoms with Gasteiger partial charge in [-0.05, 0) is 44.9 Å². The van der Waals surface area contributed by atoms with Gasteiger partial charge in [0.15, 0.2) is 0 Å². The molecule has 2 heterocycles. The van der Waals surface area contributed by atoms with Crippen LogP contribution in [0.25, 0.3) is 0 Å². The third kappa shape index (κ3) is 4.49. The van der Waals surface area contributed by atoms with Crippen LogP contribution in [0.3, 0.4) is 0 Å². The largest absolute Gasteiger partial charge is 0.496 e. The van der Waals surface area contributed by atoms with Gasteiger partial charge >= 0.3 is 6.09 Å². The molecule has 1 aromatic rings. The van der Waals surface area contributed by atoms with Crippen LogP contribution < -0.4 is 15.4 Å². The Labute approximate surface area is 168 Å². The summed E-state index contributed by atoms with van der Waals surface area (Å²) in [6.45, 7) is 5.75. The van der Waals surface area contributed by atoms with Gasteiger partial charge in [0.05, 0.1) is 7.11 Å². The lowest BCUT2D eigenvalue weighted by atomic mass is 10.0. The van der Waals surface area contributed by atoms with Crippen LogP contribution in [0.5, 0.6) is 5.75 Å². The lowest BCUT2D eigenvalue weighted by Crippen LogP contribution is -2.52. The number of amides is 4. The fourth-order valence-electron chi connectivity index (χ4n) is 3.46. The highest BCUT2D eigenvalue weighted by Gasteiger charge is 2.39. The maximum atomic E-state index is 12.8. The summed E-state index contributed by atoms with van der Waals surface area (Å²) in [6, 6.07) is 2.73. The molecule has 29 heavy (non-hydrogen) atoms. The van der Waals surface area contributed by atoms with E-state index in [2.05, 4.69) is 10.6 Å². The number of fused-ring (bicyclic) bond motifs is 1. The fourth-order valence-corrected chi connectivity index (χ4v) is 3.46. The number of hydrogen-bond donors (Lipinski definition) is 2. The van der Waals surface area contributed by atoms with Crippen LogP contribution in [0.4, 0.5) is 4.79 Å². The number of ether oxygens (including phenoxy) is 2. The van der Waals surface area contributed by atoms with E-state index in [1.807, 2.05) is 0 Å². The number of rotatable bonds is 4. The van der Waals surface area contributed by atoms with Gasteiger partial charge in [0.1, 0.15) is 17.4 Å². The maximum Gasteiger partial charge on any atom is 0.407 e. The monoisotopic (exact) mass is 403 g/mol. The molecule has 0 bridgehead atoms. The van der Waals surface area contributed by atoms with Crippen LogP contribution in [0, 0.1) is 0 Å². The predicted octanol–water partition coefficient (Wildman–Crippen LogP) is 1.48. The Hall–Kier alpha value is -3.10. The Morgan fingerprint density at radius 2 is 2.00 bits per heavy atom. The predicted molar refractivity (Wildman–Crippen MR) is 102 cm³/mol. The summed E-state index contributed by atoms with van der Waals surface area (Å²) in [5.41, 5.74) is 1.27. The van der Waals surface area contributed by atoms with Crippen molar-refractivity contribution in [1.29, 1.82) is 0 Å². The van der Waals surface area contributed by atoms with E-state index in [-0.39, 0.29) is 31.3 Å². The van der Waals surface area contributed by atoms with E-state index < -0.39 is 23.6 Å². The maximum absolute atomic E-state index is 12.8. The van der Waals surface area contributed by atoms with Gasteiger partial charge in [0.25, 0.3) is 5.91 Å². The van der Waals surface area contributed by atoms with Crippen molar-refractivity contribution < 1.29 is 28.7 Å². The molecule has 1 aromatic carbocycles. The lowest BCUT2D eigenvalue weighted by molar-refractivity contribution is -0.136. The summed E-state index contributed by atoms with van der Waals surface area (Å²) in [6.07, 6.45) is -0.0549. The summed E-state index contributed by atoms with van der Waals surface area (Å²) >= 11 is 0. The lowest BCUT2D eigenvalue weighted by Gasteiger charge is -2.29. The number of imide groups is 1. The van der Waals surface area contributed by atoms with E-state index in [9.17, 15) is 19.2 Å². The molecule has 1 fully saturated rings. The van der Waals surface area contributed by atoms with Crippen LogP contribution in [-0.2, 0) is 27.4 Å². The Balaban J connectivity index is 1.77. The SMILES string of the molecule is COc1cc2c(cc1CNC(=O)OC(C)(C)C)CN(C1CCC(=O)NC1=O)C2=O. The molecule has 2 aliphatic rings. The highest BCUT2D eigenvalue weighted by Crippen LogP contribution is 2.32. The first-order valence-corrected chi connectivity index (χ1v) is 9.40. The van der Waals surface area contributed by atoms with E-state index in [0.29, 0.717) is 23.3 Å². The summed E-state index contributed by atoms with van der Waals surface area (Å²) < 4.78 is 10.6. The molecule has 0 radical (unpaired) electrons. The van der Waals surface area contributed by atoms with Crippen molar-refractivity contribution in [2.75, 3.05) is 7.11 Å². The molecule has 0 spiro atoms. The Bertz CT molecular complexity index is 874. The number of methoxy groups -OCH3 is 1. The number of carbonyl (C=O) groups is 4. The van der Waals surface area contributed by atoms with Crippen LogP contribution in [0.2, 0.25) is 0 Å². The second kappa shape index (κ2) is 7.73. The van der Waals surface area contributed by atoms with Gasteiger partial charge in [0.2, 0.25) is 11.8 Å². The zero-order chi connectivity index (χ0) is 21.3. The zero-order valence-corrected chi connectivity index (χ0v) is 17.0. The second-order valence-corrected chi connectivity index (χ2v) is 8.08. The molecule has 0 saturated carbocycles. The first-order chi connectivity index (χ1) is 13.6. The molecule has 1 atom stereocenters. The average Bonchev–Trinajstić information content (AvgIpc) is 2.93. The minimum absolute atomic E-state index is 0.165. The smallest absolute Gasteiger partial charge is 0.407 e. The highest BCUT2D eigenvalue weighted by atomic mass is 16.6. The third-order valence-corrected chi connectivity index (χ3v) is 4.75. The molecule has 2 aliphatic heterocycles. The van der Waals surface area contributed by atoms with E-state index in [1.54, 1.807) is 32.9 Å². The van der Waals surface area contributed by atoms with Crippen molar-refractivity contribution in [1.82, 2.24) is 15.5 Å². The van der Waals surface area contributed by atoms with Crippen molar-refractivity contribution in [2.45, 2.75) is 58.3 Å². The third-order valence-electron chi connectivity index (χ3n) is 4.75. The molecule has 9 heteroatoms. The van der Waals surface area contributed by atoms with Gasteiger partial charge in [-0.2, -0.15) is 0 Å². The summed E-state index contributed by atoms with van der Waals surface area (Å²) in [4.78, 5) is 49.8. The summed E-state index contributed by atoms with van der Waals surface area (Å²) in [5, 5.41) is 4.96. The number of carbonyl (C=O) groups excluding carboxylic acids is 4. The van der Waals surface area contributed by atoms with E-state index in [0.717, 1.165) is 5.56 Å². The zero-order valence-electron chi connectivity index (χ0n) is 17.0. The minimum atomic E-state index is -0.679. The molecule has 0 aromatic heterocycles. The standard InChI is InChI=1S/C20H25N3O6/c1-20(2,3)29-19(27)21-9-11-7-12-10-23(14-5-6-16(24)22-17(14)25)18(26)13(12)8-15(11)28-4/h7-8,14H,5-6,9-10H2,1-4H3,(H,21,27)(H,22,24,25). The second-order valence-electron chi connectivity index (χ2n) is 8.08. The first-order valence-electron chi connectivity index (χ1n) is 9.40. The molecule has 0 aliphatic carbocycles. The van der Waals surface area contributed by atoms with Crippen molar-refractivity contribution in [2.24, 2.45) is 0 Å². The van der Waals surface area contributed by atoms with Gasteiger partial charge < -0.3 is 19.7 Å². The van der Waals surface area contributed by atoms with E-state index >= 15 is 0 Å². The highest BCUT2D eigenvalue weighted by molar-refractivity contribution is 6.05. The molecule has 9 nitrogen and oxygen atoms in total. The van der Waals surface area contributed by atoms with Crippen molar-refractivity contribution in [3.8, 4) is 5.75 Å². The molecule has 156 valence electrons. The number of nitrogens with one attached hydrogen (secondary N) is 2. The fraction of sp³-hybridized carbons (Fsp3) is 0.500. The van der Waals surface area contributed by atoms with Crippen molar-refractivity contribution in [3.05, 3.63) is 28.8 Å². The van der Waals surface area contributed by atoms with E-state index in [1.165, 1.54) is 12.0 Å². The summed E-state index contributed by atoms with van der Waals surface area (Å²) in [5.74, 6) is -0.605. The molecule has 1 unspecified atom stereocenters. The van der Waals surface area contributed by atoms with E-state index in [4.69, 9.17) is 9.47 Å². The van der Waals surface area contributed by atoms with Crippen LogP contribution in [-0.4, -0.2) is 47.5 Å². The van der Waals surface area contributed by atoms with Crippen LogP contribution in [0.1, 0.15) is 55.1 Å². The van der Waals surface area contributed by atoms with Gasteiger partial charge in [-0.3, -0.25) is 19.7 Å². The topological polar surface area (TPSA) is 114 Å². The molecule has 4 amide bonds. The molecule has 1 saturated heterocycles. The normalized spacial score (nSPS) is 19.0.